The maximum absolute atomic E-state index is 4.49. The largest absolute Gasteiger partial charge is 0.261 e. The maximum atomic E-state index is 4.49. The molecule has 0 saturated heterocycles. The second kappa shape index (κ2) is 5.65. The molecule has 19 heavy (non-hydrogen) atoms. The molecule has 0 amide bonds. The van der Waals surface area contributed by atoms with E-state index in [-0.39, 0.29) is 0 Å². The summed E-state index contributed by atoms with van der Waals surface area (Å²) in [6.45, 7) is 10.6. The van der Waals surface area contributed by atoms with Gasteiger partial charge in [0.05, 0.1) is 5.39 Å². The van der Waals surface area contributed by atoms with Crippen LogP contribution in [0, 0.1) is 19.8 Å². The van der Waals surface area contributed by atoms with Gasteiger partial charge < -0.3 is 0 Å². The molecule has 0 aliphatic rings. The van der Waals surface area contributed by atoms with Crippen molar-refractivity contribution in [3.8, 4) is 0 Å². The number of aromatic nitrogens is 2. The van der Waals surface area contributed by atoms with Gasteiger partial charge >= 0.3 is 0 Å². The minimum atomic E-state index is 0.445. The van der Waals surface area contributed by atoms with Gasteiger partial charge in [-0.2, -0.15) is 5.10 Å². The van der Waals surface area contributed by atoms with E-state index < -0.39 is 0 Å². The third kappa shape index (κ3) is 2.76. The van der Waals surface area contributed by atoms with E-state index in [2.05, 4.69) is 55.1 Å². The Bertz CT molecular complexity index is 613. The zero-order chi connectivity index (χ0) is 14.0. The summed E-state index contributed by atoms with van der Waals surface area (Å²) in [5.74, 6) is 1.25. The van der Waals surface area contributed by atoms with E-state index in [1.165, 1.54) is 10.4 Å². The van der Waals surface area contributed by atoms with Gasteiger partial charge in [0.2, 0.25) is 0 Å². The van der Waals surface area contributed by atoms with Gasteiger partial charge in [-0.15, -0.1) is 11.3 Å². The van der Waals surface area contributed by atoms with Gasteiger partial charge in [0, 0.05) is 10.6 Å². The zero-order valence-corrected chi connectivity index (χ0v) is 12.9. The van der Waals surface area contributed by atoms with Gasteiger partial charge in [0.15, 0.2) is 5.82 Å². The summed E-state index contributed by atoms with van der Waals surface area (Å²) < 4.78 is 0. The minimum absolute atomic E-state index is 0.445. The van der Waals surface area contributed by atoms with Crippen LogP contribution in [0.2, 0.25) is 0 Å². The van der Waals surface area contributed by atoms with Crippen LogP contribution in [0.15, 0.2) is 11.4 Å². The number of nitrogens with one attached hydrogen (secondary N) is 1. The van der Waals surface area contributed by atoms with Gasteiger partial charge in [-0.3, -0.25) is 5.43 Å². The van der Waals surface area contributed by atoms with Gasteiger partial charge in [-0.1, -0.05) is 20.8 Å². The number of hydrogen-bond acceptors (Lipinski definition) is 5. The molecule has 0 spiro atoms. The second-order valence-corrected chi connectivity index (χ2v) is 6.11. The lowest BCUT2D eigenvalue weighted by molar-refractivity contribution is 0.852. The molecular weight excluding hydrogens is 256 g/mol. The van der Waals surface area contributed by atoms with Gasteiger partial charge in [-0.25, -0.2) is 9.97 Å². The number of hydrogen-bond donors (Lipinski definition) is 1. The number of rotatable bonds is 4. The lowest BCUT2D eigenvalue weighted by Gasteiger charge is -2.08. The fraction of sp³-hybridized carbons (Fsp3) is 0.500. The zero-order valence-electron chi connectivity index (χ0n) is 12.1. The Morgan fingerprint density at radius 3 is 2.74 bits per heavy atom. The van der Waals surface area contributed by atoms with Crippen LogP contribution in [0.4, 0.5) is 5.82 Å². The SMILES string of the molecule is CC/C(=N/Nc1ncnc2sc(C)c(C)c12)C(C)C. The minimum Gasteiger partial charge on any atom is -0.261 e. The lowest BCUT2D eigenvalue weighted by atomic mass is 10.1. The number of nitrogens with zero attached hydrogens (tertiary/aromatic N) is 3. The average molecular weight is 276 g/mol. The van der Waals surface area contributed by atoms with Gasteiger partial charge in [-0.05, 0) is 31.7 Å². The van der Waals surface area contributed by atoms with Crippen molar-refractivity contribution in [3.63, 3.8) is 0 Å². The third-order valence-electron chi connectivity index (χ3n) is 3.30. The molecule has 2 aromatic rings. The van der Waals surface area contributed by atoms with Crippen LogP contribution in [-0.2, 0) is 0 Å². The first-order valence-electron chi connectivity index (χ1n) is 6.57. The molecule has 5 heteroatoms. The summed E-state index contributed by atoms with van der Waals surface area (Å²) >= 11 is 1.70. The summed E-state index contributed by atoms with van der Waals surface area (Å²) in [6, 6.07) is 0. The van der Waals surface area contributed by atoms with Crippen LogP contribution in [0.3, 0.4) is 0 Å². The quantitative estimate of drug-likeness (QED) is 0.674. The molecule has 2 rings (SSSR count). The van der Waals surface area contributed by atoms with Crippen LogP contribution >= 0.6 is 11.3 Å². The van der Waals surface area contributed by atoms with E-state index in [4.69, 9.17) is 0 Å². The highest BCUT2D eigenvalue weighted by Crippen LogP contribution is 2.32. The monoisotopic (exact) mass is 276 g/mol. The van der Waals surface area contributed by atoms with E-state index in [1.54, 1.807) is 17.7 Å². The molecule has 0 atom stereocenters. The maximum Gasteiger partial charge on any atom is 0.158 e. The van der Waals surface area contributed by atoms with E-state index >= 15 is 0 Å². The molecule has 1 N–H and O–H groups in total. The molecule has 2 aromatic heterocycles. The topological polar surface area (TPSA) is 50.2 Å². The average Bonchev–Trinajstić information content (AvgIpc) is 2.66. The van der Waals surface area contributed by atoms with Crippen molar-refractivity contribution < 1.29 is 0 Å². The molecule has 0 saturated carbocycles. The molecule has 4 nitrogen and oxygen atoms in total. The summed E-state index contributed by atoms with van der Waals surface area (Å²) in [5, 5.41) is 5.58. The van der Waals surface area contributed by atoms with Crippen LogP contribution < -0.4 is 5.43 Å². The van der Waals surface area contributed by atoms with Crippen molar-refractivity contribution in [1.29, 1.82) is 0 Å². The van der Waals surface area contributed by atoms with Crippen molar-refractivity contribution >= 4 is 33.1 Å². The standard InChI is InChI=1S/C14H20N4S/c1-6-11(8(2)3)17-18-13-12-9(4)10(5)19-14(12)16-7-15-13/h7-8H,6H2,1-5H3,(H,15,16,18)/b17-11-. The number of aryl methyl sites for hydroxylation is 2. The van der Waals surface area contributed by atoms with Crippen molar-refractivity contribution in [3.05, 3.63) is 16.8 Å². The Balaban J connectivity index is 2.41. The lowest BCUT2D eigenvalue weighted by Crippen LogP contribution is -2.09. The van der Waals surface area contributed by atoms with E-state index in [0.29, 0.717) is 5.92 Å². The van der Waals surface area contributed by atoms with Crippen LogP contribution in [0.1, 0.15) is 37.6 Å². The first-order valence-corrected chi connectivity index (χ1v) is 7.39. The number of hydrazone groups is 1. The Labute approximate surface area is 118 Å². The molecule has 102 valence electrons. The molecule has 0 bridgehead atoms. The van der Waals surface area contributed by atoms with E-state index in [0.717, 1.165) is 28.2 Å². The fourth-order valence-electron chi connectivity index (χ4n) is 2.01. The highest BCUT2D eigenvalue weighted by Gasteiger charge is 2.11. The molecule has 2 heterocycles. The van der Waals surface area contributed by atoms with Crippen molar-refractivity contribution in [2.75, 3.05) is 5.43 Å². The van der Waals surface area contributed by atoms with E-state index in [1.807, 2.05) is 0 Å². The second-order valence-electron chi connectivity index (χ2n) is 4.91. The van der Waals surface area contributed by atoms with Gasteiger partial charge in [0.1, 0.15) is 11.2 Å². The highest BCUT2D eigenvalue weighted by molar-refractivity contribution is 7.18. The smallest absolute Gasteiger partial charge is 0.158 e. The Hall–Kier alpha value is -1.49. The summed E-state index contributed by atoms with van der Waals surface area (Å²) in [4.78, 5) is 10.9. The molecule has 0 aromatic carbocycles. The van der Waals surface area contributed by atoms with E-state index in [9.17, 15) is 0 Å². The predicted octanol–water partition coefficient (Wildman–Crippen LogP) is 4.14. The van der Waals surface area contributed by atoms with Crippen LogP contribution in [0.25, 0.3) is 10.2 Å². The van der Waals surface area contributed by atoms with Crippen LogP contribution in [-0.4, -0.2) is 15.7 Å². The normalized spacial score (nSPS) is 12.4. The Morgan fingerprint density at radius 1 is 1.37 bits per heavy atom. The fourth-order valence-corrected chi connectivity index (χ4v) is 3.01. The first-order chi connectivity index (χ1) is 9.04. The molecule has 0 aliphatic heterocycles. The molecule has 0 aliphatic carbocycles. The van der Waals surface area contributed by atoms with Crippen molar-refractivity contribution in [2.45, 2.75) is 41.0 Å². The summed E-state index contributed by atoms with van der Waals surface area (Å²) in [6.07, 6.45) is 2.54. The summed E-state index contributed by atoms with van der Waals surface area (Å²) in [7, 11) is 0. The number of anilines is 1. The van der Waals surface area contributed by atoms with Gasteiger partial charge in [0.25, 0.3) is 0 Å². The molecule has 0 fully saturated rings. The molecule has 0 radical (unpaired) electrons. The molecular formula is C14H20N4S. The number of thiophene rings is 1. The van der Waals surface area contributed by atoms with Crippen molar-refractivity contribution in [1.82, 2.24) is 9.97 Å². The molecule has 0 unspecified atom stereocenters. The van der Waals surface area contributed by atoms with Crippen LogP contribution in [0.5, 0.6) is 0 Å². The Morgan fingerprint density at radius 2 is 2.11 bits per heavy atom. The first kappa shape index (κ1) is 13.9. The highest BCUT2D eigenvalue weighted by atomic mass is 32.1. The Kier molecular flexibility index (Phi) is 4.14. The predicted molar refractivity (Wildman–Crippen MR) is 83.1 cm³/mol. The number of fused-ring (bicyclic) bond motifs is 1. The third-order valence-corrected chi connectivity index (χ3v) is 4.41. The summed E-state index contributed by atoms with van der Waals surface area (Å²) in [5.41, 5.74) is 5.50. The van der Waals surface area contributed by atoms with Crippen molar-refractivity contribution in [2.24, 2.45) is 11.0 Å².